The lowest BCUT2D eigenvalue weighted by atomic mass is 10.0. The molecule has 0 aliphatic carbocycles. The average molecular weight is 552 g/mol. The van der Waals surface area contributed by atoms with Crippen molar-refractivity contribution in [3.8, 4) is 11.5 Å². The van der Waals surface area contributed by atoms with Gasteiger partial charge in [-0.1, -0.05) is 60.2 Å². The second-order valence-electron chi connectivity index (χ2n) is 9.42. The van der Waals surface area contributed by atoms with E-state index in [9.17, 15) is 18.0 Å². The van der Waals surface area contributed by atoms with Gasteiger partial charge in [0, 0.05) is 25.6 Å². The Morgan fingerprint density at radius 1 is 0.949 bits per heavy atom. The zero-order valence-electron chi connectivity index (χ0n) is 22.3. The Morgan fingerprint density at radius 3 is 2.36 bits per heavy atom. The van der Waals surface area contributed by atoms with Gasteiger partial charge in [0.05, 0.1) is 11.9 Å². The Hall–Kier alpha value is -4.05. The molecule has 4 rings (SSSR count). The highest BCUT2D eigenvalue weighted by Gasteiger charge is 2.33. The molecule has 0 unspecified atom stereocenters. The van der Waals surface area contributed by atoms with E-state index >= 15 is 0 Å². The third-order valence-corrected chi connectivity index (χ3v) is 7.52. The van der Waals surface area contributed by atoms with Crippen LogP contribution in [0.5, 0.6) is 11.5 Å². The standard InChI is InChI=1S/C29H33N3O6S/c1-4-30-29(34)25(16-22-10-6-5-7-11-22)31(18-23-12-8-9-21(2)15-23)28(33)19-32(39(3,35)36)24-13-14-26-27(17-24)38-20-37-26/h5-15,17,25H,4,16,18-20H2,1-3H3,(H,30,34)/t25-/m0/s1. The maximum Gasteiger partial charge on any atom is 0.244 e. The summed E-state index contributed by atoms with van der Waals surface area (Å²) in [7, 11) is -3.87. The van der Waals surface area contributed by atoms with Crippen molar-refractivity contribution < 1.29 is 27.5 Å². The number of hydrogen-bond acceptors (Lipinski definition) is 6. The van der Waals surface area contributed by atoms with E-state index in [0.29, 0.717) is 18.0 Å². The largest absolute Gasteiger partial charge is 0.454 e. The van der Waals surface area contributed by atoms with Crippen molar-refractivity contribution in [2.24, 2.45) is 0 Å². The molecular weight excluding hydrogens is 518 g/mol. The van der Waals surface area contributed by atoms with Crippen LogP contribution < -0.4 is 19.1 Å². The number of benzene rings is 3. The highest BCUT2D eigenvalue weighted by Crippen LogP contribution is 2.36. The summed E-state index contributed by atoms with van der Waals surface area (Å²) in [5.74, 6) is 0.0800. The average Bonchev–Trinajstić information content (AvgIpc) is 3.37. The van der Waals surface area contributed by atoms with E-state index in [0.717, 1.165) is 27.3 Å². The van der Waals surface area contributed by atoms with Gasteiger partial charge in [0.1, 0.15) is 12.6 Å². The van der Waals surface area contributed by atoms with Crippen LogP contribution in [0.3, 0.4) is 0 Å². The molecule has 3 aromatic carbocycles. The number of sulfonamides is 1. The summed E-state index contributed by atoms with van der Waals surface area (Å²) in [6.45, 7) is 3.84. The molecule has 1 heterocycles. The number of rotatable bonds is 11. The van der Waals surface area contributed by atoms with Gasteiger partial charge < -0.3 is 19.7 Å². The first-order valence-corrected chi connectivity index (χ1v) is 14.5. The van der Waals surface area contributed by atoms with Crippen LogP contribution in [0.15, 0.2) is 72.8 Å². The number of aryl methyl sites for hydroxylation is 1. The second kappa shape index (κ2) is 12.2. The van der Waals surface area contributed by atoms with E-state index in [-0.39, 0.29) is 31.4 Å². The summed E-state index contributed by atoms with van der Waals surface area (Å²) < 4.78 is 37.6. The molecule has 0 aromatic heterocycles. The minimum atomic E-state index is -3.87. The van der Waals surface area contributed by atoms with Gasteiger partial charge in [-0.25, -0.2) is 8.42 Å². The van der Waals surface area contributed by atoms with Gasteiger partial charge in [0.15, 0.2) is 11.5 Å². The zero-order chi connectivity index (χ0) is 28.0. The highest BCUT2D eigenvalue weighted by molar-refractivity contribution is 7.92. The Balaban J connectivity index is 1.72. The smallest absolute Gasteiger partial charge is 0.244 e. The maximum absolute atomic E-state index is 14.0. The number of likely N-dealkylation sites (N-methyl/N-ethyl adjacent to an activating group) is 1. The lowest BCUT2D eigenvalue weighted by Crippen LogP contribution is -2.53. The van der Waals surface area contributed by atoms with Crippen molar-refractivity contribution >= 4 is 27.5 Å². The summed E-state index contributed by atoms with van der Waals surface area (Å²) in [6, 6.07) is 21.0. The van der Waals surface area contributed by atoms with Gasteiger partial charge in [-0.3, -0.25) is 13.9 Å². The molecule has 1 aliphatic rings. The minimum absolute atomic E-state index is 0.0363. The molecule has 0 spiro atoms. The molecule has 0 saturated carbocycles. The van der Waals surface area contributed by atoms with E-state index in [1.807, 2.05) is 68.4 Å². The Kier molecular flexibility index (Phi) is 8.75. The zero-order valence-corrected chi connectivity index (χ0v) is 23.1. The number of anilines is 1. The van der Waals surface area contributed by atoms with Crippen LogP contribution in [-0.2, 0) is 32.6 Å². The molecule has 10 heteroatoms. The van der Waals surface area contributed by atoms with Crippen LogP contribution in [0.1, 0.15) is 23.6 Å². The summed E-state index contributed by atoms with van der Waals surface area (Å²) >= 11 is 0. The molecule has 0 saturated heterocycles. The fourth-order valence-electron chi connectivity index (χ4n) is 4.51. The molecule has 1 aliphatic heterocycles. The number of carbonyl (C=O) groups excluding carboxylic acids is 2. The quantitative estimate of drug-likeness (QED) is 0.392. The molecule has 1 N–H and O–H groups in total. The fourth-order valence-corrected chi connectivity index (χ4v) is 5.35. The van der Waals surface area contributed by atoms with Crippen LogP contribution in [-0.4, -0.2) is 57.3 Å². The predicted octanol–water partition coefficient (Wildman–Crippen LogP) is 3.27. The lowest BCUT2D eigenvalue weighted by Gasteiger charge is -2.33. The first-order chi connectivity index (χ1) is 18.7. The minimum Gasteiger partial charge on any atom is -0.454 e. The Morgan fingerprint density at radius 2 is 1.67 bits per heavy atom. The summed E-state index contributed by atoms with van der Waals surface area (Å²) in [5, 5.41) is 2.85. The third kappa shape index (κ3) is 7.08. The first-order valence-electron chi connectivity index (χ1n) is 12.7. The third-order valence-electron chi connectivity index (χ3n) is 6.38. The van der Waals surface area contributed by atoms with Gasteiger partial charge >= 0.3 is 0 Å². The summed E-state index contributed by atoms with van der Waals surface area (Å²) in [5.41, 5.74) is 2.99. The van der Waals surface area contributed by atoms with E-state index < -0.39 is 28.5 Å². The van der Waals surface area contributed by atoms with E-state index in [4.69, 9.17) is 9.47 Å². The van der Waals surface area contributed by atoms with Gasteiger partial charge in [0.25, 0.3) is 0 Å². The number of carbonyl (C=O) groups is 2. The SMILES string of the molecule is CCNC(=O)[C@H](Cc1ccccc1)N(Cc1cccc(C)c1)C(=O)CN(c1ccc2c(c1)OCO2)S(C)(=O)=O. The molecular formula is C29H33N3O6S. The summed E-state index contributed by atoms with van der Waals surface area (Å²) in [4.78, 5) is 28.9. The van der Waals surface area contributed by atoms with E-state index in [2.05, 4.69) is 5.32 Å². The molecule has 0 fully saturated rings. The van der Waals surface area contributed by atoms with Crippen molar-refractivity contribution in [1.29, 1.82) is 0 Å². The lowest BCUT2D eigenvalue weighted by molar-refractivity contribution is -0.140. The number of hydrogen-bond donors (Lipinski definition) is 1. The number of fused-ring (bicyclic) bond motifs is 1. The highest BCUT2D eigenvalue weighted by atomic mass is 32.2. The van der Waals surface area contributed by atoms with Crippen molar-refractivity contribution in [3.05, 3.63) is 89.5 Å². The fraction of sp³-hybridized carbons (Fsp3) is 0.310. The molecule has 0 bridgehead atoms. The number of ether oxygens (including phenoxy) is 2. The van der Waals surface area contributed by atoms with Crippen LogP contribution in [0.4, 0.5) is 5.69 Å². The van der Waals surface area contributed by atoms with Crippen molar-refractivity contribution in [2.45, 2.75) is 32.9 Å². The first kappa shape index (κ1) is 28.0. The van der Waals surface area contributed by atoms with Crippen LogP contribution in [0, 0.1) is 6.92 Å². The van der Waals surface area contributed by atoms with E-state index in [1.54, 1.807) is 12.1 Å². The van der Waals surface area contributed by atoms with Crippen molar-refractivity contribution in [3.63, 3.8) is 0 Å². The van der Waals surface area contributed by atoms with Crippen LogP contribution >= 0.6 is 0 Å². The predicted molar refractivity (Wildman–Crippen MR) is 149 cm³/mol. The monoisotopic (exact) mass is 551 g/mol. The van der Waals surface area contributed by atoms with Gasteiger partial charge in [-0.2, -0.15) is 0 Å². The van der Waals surface area contributed by atoms with Crippen molar-refractivity contribution in [1.82, 2.24) is 10.2 Å². The summed E-state index contributed by atoms with van der Waals surface area (Å²) in [6.07, 6.45) is 1.31. The maximum atomic E-state index is 14.0. The number of nitrogens with zero attached hydrogens (tertiary/aromatic N) is 2. The Labute approximate surface area is 229 Å². The van der Waals surface area contributed by atoms with E-state index in [1.165, 1.54) is 11.0 Å². The molecule has 9 nitrogen and oxygen atoms in total. The Bertz CT molecular complexity index is 1430. The molecule has 0 radical (unpaired) electrons. The number of nitrogens with one attached hydrogen (secondary N) is 1. The normalized spacial score (nSPS) is 13.0. The van der Waals surface area contributed by atoms with Gasteiger partial charge in [-0.05, 0) is 37.1 Å². The molecule has 3 aromatic rings. The topological polar surface area (TPSA) is 105 Å². The molecule has 2 amide bonds. The van der Waals surface area contributed by atoms with Crippen LogP contribution in [0.2, 0.25) is 0 Å². The van der Waals surface area contributed by atoms with Crippen LogP contribution in [0.25, 0.3) is 0 Å². The molecule has 1 atom stereocenters. The molecule has 39 heavy (non-hydrogen) atoms. The molecule has 206 valence electrons. The van der Waals surface area contributed by atoms with Crippen molar-refractivity contribution in [2.75, 3.05) is 30.4 Å². The second-order valence-corrected chi connectivity index (χ2v) is 11.3. The van der Waals surface area contributed by atoms with Gasteiger partial charge in [0.2, 0.25) is 28.6 Å². The number of amides is 2. The van der Waals surface area contributed by atoms with Gasteiger partial charge in [-0.15, -0.1) is 0 Å².